The van der Waals surface area contributed by atoms with E-state index < -0.39 is 11.9 Å². The first-order valence-electron chi connectivity index (χ1n) is 6.73. The minimum Gasteiger partial charge on any atom is -0.423 e. The molecule has 0 fully saturated rings. The molecular formula is C16H12N4O3. The fraction of sp³-hybridized carbons (Fsp3) is 0. The molecule has 0 radical (unpaired) electrons. The second-order valence-electron chi connectivity index (χ2n) is 4.67. The van der Waals surface area contributed by atoms with Crippen LogP contribution in [0.4, 0.5) is 0 Å². The number of nitrogens with one attached hydrogen (secondary N) is 1. The number of ether oxygens (including phenoxy) is 1. The number of rotatable bonds is 4. The first-order chi connectivity index (χ1) is 11.1. The van der Waals surface area contributed by atoms with Gasteiger partial charge in [-0.2, -0.15) is 15.4 Å². The summed E-state index contributed by atoms with van der Waals surface area (Å²) in [5.41, 5.74) is 6.57. The van der Waals surface area contributed by atoms with E-state index in [0.29, 0.717) is 22.6 Å². The summed E-state index contributed by atoms with van der Waals surface area (Å²) in [5.74, 6) is -0.840. The van der Waals surface area contributed by atoms with E-state index in [9.17, 15) is 9.59 Å². The number of carbonyl (C=O) groups excluding carboxylic acids is 2. The quantitative estimate of drug-likeness (QED) is 0.564. The molecule has 3 rings (SSSR count). The van der Waals surface area contributed by atoms with E-state index in [4.69, 9.17) is 10.5 Å². The SMILES string of the molecule is NC(=O)c1n[nH]nc1-c1cccc(OC(=O)c2ccccc2)c1. The van der Waals surface area contributed by atoms with Gasteiger partial charge >= 0.3 is 5.97 Å². The van der Waals surface area contributed by atoms with Gasteiger partial charge in [0.05, 0.1) is 5.56 Å². The van der Waals surface area contributed by atoms with E-state index in [1.54, 1.807) is 48.5 Å². The Kier molecular flexibility index (Phi) is 3.84. The summed E-state index contributed by atoms with van der Waals surface area (Å²) in [6.07, 6.45) is 0. The molecule has 7 heteroatoms. The van der Waals surface area contributed by atoms with Gasteiger partial charge in [0, 0.05) is 5.56 Å². The molecule has 114 valence electrons. The van der Waals surface area contributed by atoms with Gasteiger partial charge in [0.2, 0.25) is 0 Å². The summed E-state index contributed by atoms with van der Waals surface area (Å²) in [5, 5.41) is 9.98. The number of aromatic nitrogens is 3. The summed E-state index contributed by atoms with van der Waals surface area (Å²) in [4.78, 5) is 23.4. The van der Waals surface area contributed by atoms with Crippen LogP contribution < -0.4 is 10.5 Å². The van der Waals surface area contributed by atoms with E-state index >= 15 is 0 Å². The van der Waals surface area contributed by atoms with Gasteiger partial charge in [-0.05, 0) is 24.3 Å². The van der Waals surface area contributed by atoms with Gasteiger partial charge in [-0.25, -0.2) is 4.79 Å². The predicted molar refractivity (Wildman–Crippen MR) is 81.7 cm³/mol. The number of hydrogen-bond donors (Lipinski definition) is 2. The van der Waals surface area contributed by atoms with Crippen molar-refractivity contribution in [3.8, 4) is 17.0 Å². The maximum absolute atomic E-state index is 12.1. The summed E-state index contributed by atoms with van der Waals surface area (Å²) in [7, 11) is 0. The van der Waals surface area contributed by atoms with Crippen LogP contribution in [0.25, 0.3) is 11.3 Å². The zero-order valence-corrected chi connectivity index (χ0v) is 11.9. The van der Waals surface area contributed by atoms with Crippen LogP contribution in [-0.4, -0.2) is 27.3 Å². The lowest BCUT2D eigenvalue weighted by atomic mass is 10.1. The maximum Gasteiger partial charge on any atom is 0.343 e. The molecule has 1 aromatic heterocycles. The number of benzene rings is 2. The van der Waals surface area contributed by atoms with Crippen molar-refractivity contribution in [2.45, 2.75) is 0 Å². The van der Waals surface area contributed by atoms with E-state index in [1.165, 1.54) is 0 Å². The number of amides is 1. The van der Waals surface area contributed by atoms with Crippen molar-refractivity contribution < 1.29 is 14.3 Å². The number of hydrogen-bond acceptors (Lipinski definition) is 5. The number of primary amides is 1. The first kappa shape index (κ1) is 14.5. The first-order valence-corrected chi connectivity index (χ1v) is 6.73. The van der Waals surface area contributed by atoms with Crippen molar-refractivity contribution in [1.29, 1.82) is 0 Å². The number of nitrogens with zero attached hydrogens (tertiary/aromatic N) is 2. The molecule has 0 aliphatic heterocycles. The van der Waals surface area contributed by atoms with Crippen LogP contribution in [0.15, 0.2) is 54.6 Å². The van der Waals surface area contributed by atoms with Crippen LogP contribution in [0.1, 0.15) is 20.8 Å². The number of aromatic amines is 1. The van der Waals surface area contributed by atoms with E-state index in [0.717, 1.165) is 0 Å². The van der Waals surface area contributed by atoms with Crippen molar-refractivity contribution in [3.05, 3.63) is 65.9 Å². The van der Waals surface area contributed by atoms with Crippen LogP contribution in [0.2, 0.25) is 0 Å². The lowest BCUT2D eigenvalue weighted by Crippen LogP contribution is -2.12. The van der Waals surface area contributed by atoms with Gasteiger partial charge < -0.3 is 10.5 Å². The molecule has 0 saturated heterocycles. The Labute approximate surface area is 131 Å². The molecule has 0 unspecified atom stereocenters. The molecule has 0 aliphatic carbocycles. The van der Waals surface area contributed by atoms with Crippen molar-refractivity contribution in [2.75, 3.05) is 0 Å². The highest BCUT2D eigenvalue weighted by atomic mass is 16.5. The zero-order chi connectivity index (χ0) is 16.2. The zero-order valence-electron chi connectivity index (χ0n) is 11.9. The fourth-order valence-corrected chi connectivity index (χ4v) is 2.05. The molecule has 0 spiro atoms. The normalized spacial score (nSPS) is 10.3. The third-order valence-corrected chi connectivity index (χ3v) is 3.11. The van der Waals surface area contributed by atoms with Crippen molar-refractivity contribution in [3.63, 3.8) is 0 Å². The number of carbonyl (C=O) groups is 2. The topological polar surface area (TPSA) is 111 Å². The van der Waals surface area contributed by atoms with Gasteiger partial charge in [0.25, 0.3) is 5.91 Å². The molecule has 1 amide bonds. The maximum atomic E-state index is 12.1. The molecule has 2 aromatic carbocycles. The number of esters is 1. The smallest absolute Gasteiger partial charge is 0.343 e. The van der Waals surface area contributed by atoms with Crippen LogP contribution in [0.5, 0.6) is 5.75 Å². The van der Waals surface area contributed by atoms with Gasteiger partial charge in [-0.3, -0.25) is 4.79 Å². The highest BCUT2D eigenvalue weighted by Crippen LogP contribution is 2.24. The minimum atomic E-state index is -0.694. The standard InChI is InChI=1S/C16H12N4O3/c17-15(21)14-13(18-20-19-14)11-7-4-8-12(9-11)23-16(22)10-5-2-1-3-6-10/h1-9H,(H2,17,21)(H,18,19,20). The molecule has 3 aromatic rings. The number of H-pyrrole nitrogens is 1. The molecule has 0 atom stereocenters. The lowest BCUT2D eigenvalue weighted by molar-refractivity contribution is 0.0734. The Morgan fingerprint density at radius 2 is 1.78 bits per heavy atom. The van der Waals surface area contributed by atoms with Gasteiger partial charge in [-0.1, -0.05) is 30.3 Å². The lowest BCUT2D eigenvalue weighted by Gasteiger charge is -2.06. The molecular weight excluding hydrogens is 296 g/mol. The molecule has 0 bridgehead atoms. The summed E-state index contributed by atoms with van der Waals surface area (Å²) < 4.78 is 5.33. The van der Waals surface area contributed by atoms with Gasteiger partial charge in [-0.15, -0.1) is 0 Å². The second-order valence-corrected chi connectivity index (χ2v) is 4.67. The third-order valence-electron chi connectivity index (χ3n) is 3.11. The van der Waals surface area contributed by atoms with Crippen molar-refractivity contribution in [2.24, 2.45) is 5.73 Å². The molecule has 3 N–H and O–H groups in total. The van der Waals surface area contributed by atoms with Crippen LogP contribution in [0.3, 0.4) is 0 Å². The van der Waals surface area contributed by atoms with E-state index in [2.05, 4.69) is 15.4 Å². The number of nitrogens with two attached hydrogens (primary N) is 1. The van der Waals surface area contributed by atoms with Crippen LogP contribution >= 0.6 is 0 Å². The molecule has 7 nitrogen and oxygen atoms in total. The highest BCUT2D eigenvalue weighted by Gasteiger charge is 2.16. The Bertz CT molecular complexity index is 859. The van der Waals surface area contributed by atoms with E-state index in [-0.39, 0.29) is 5.69 Å². The fourth-order valence-electron chi connectivity index (χ4n) is 2.05. The Hall–Kier alpha value is -3.48. The monoisotopic (exact) mass is 308 g/mol. The Morgan fingerprint density at radius 3 is 2.52 bits per heavy atom. The average molecular weight is 308 g/mol. The highest BCUT2D eigenvalue weighted by molar-refractivity contribution is 5.97. The van der Waals surface area contributed by atoms with Crippen molar-refractivity contribution in [1.82, 2.24) is 15.4 Å². The second kappa shape index (κ2) is 6.10. The predicted octanol–water partition coefficient (Wildman–Crippen LogP) is 1.79. The Morgan fingerprint density at radius 1 is 1.00 bits per heavy atom. The average Bonchev–Trinajstić information content (AvgIpc) is 3.06. The summed E-state index contributed by atoms with van der Waals surface area (Å²) in [6, 6.07) is 15.3. The summed E-state index contributed by atoms with van der Waals surface area (Å²) >= 11 is 0. The summed E-state index contributed by atoms with van der Waals surface area (Å²) in [6.45, 7) is 0. The minimum absolute atomic E-state index is 0.0246. The molecule has 23 heavy (non-hydrogen) atoms. The molecule has 0 aliphatic rings. The van der Waals surface area contributed by atoms with E-state index in [1.807, 2.05) is 6.07 Å². The largest absolute Gasteiger partial charge is 0.423 e. The van der Waals surface area contributed by atoms with Crippen LogP contribution in [-0.2, 0) is 0 Å². The molecule has 1 heterocycles. The third kappa shape index (κ3) is 3.08. The van der Waals surface area contributed by atoms with Crippen molar-refractivity contribution >= 4 is 11.9 Å². The van der Waals surface area contributed by atoms with Crippen LogP contribution in [0, 0.1) is 0 Å². The Balaban J connectivity index is 1.87. The molecule has 0 saturated carbocycles. The van der Waals surface area contributed by atoms with Gasteiger partial charge in [0.15, 0.2) is 5.69 Å². The van der Waals surface area contributed by atoms with Gasteiger partial charge in [0.1, 0.15) is 11.4 Å².